The first-order chi connectivity index (χ1) is 13.3. The molecule has 8 heteroatoms. The average Bonchev–Trinajstić information content (AvgIpc) is 3.11. The van der Waals surface area contributed by atoms with E-state index in [0.717, 1.165) is 11.1 Å². The molecule has 6 nitrogen and oxygen atoms in total. The molecule has 0 saturated carbocycles. The number of nitrogens with zero attached hydrogens (tertiary/aromatic N) is 1. The van der Waals surface area contributed by atoms with Gasteiger partial charge >= 0.3 is 0 Å². The van der Waals surface area contributed by atoms with Gasteiger partial charge in [0, 0.05) is 12.9 Å². The van der Waals surface area contributed by atoms with Crippen molar-refractivity contribution in [2.45, 2.75) is 61.0 Å². The van der Waals surface area contributed by atoms with E-state index in [0.29, 0.717) is 36.6 Å². The minimum atomic E-state index is -3.55. The number of hydrogen-bond donors (Lipinski definition) is 0. The number of hydrogen-bond acceptors (Lipinski definition) is 6. The highest BCUT2D eigenvalue weighted by atomic mass is 32.2. The lowest BCUT2D eigenvalue weighted by Crippen LogP contribution is -2.45. The first-order valence-electron chi connectivity index (χ1n) is 9.66. The van der Waals surface area contributed by atoms with Gasteiger partial charge in [0.15, 0.2) is 19.7 Å². The van der Waals surface area contributed by atoms with Crippen molar-refractivity contribution in [3.8, 4) is 0 Å². The molecular formula is C21H29NO5S2. The van der Waals surface area contributed by atoms with Crippen molar-refractivity contribution in [1.82, 2.24) is 0 Å². The van der Waals surface area contributed by atoms with Gasteiger partial charge in [0.05, 0.1) is 28.0 Å². The van der Waals surface area contributed by atoms with Gasteiger partial charge in [-0.15, -0.1) is 0 Å². The summed E-state index contributed by atoms with van der Waals surface area (Å²) in [6.45, 7) is 7.58. The van der Waals surface area contributed by atoms with E-state index in [1.807, 2.05) is 13.0 Å². The SMILES string of the molecule is Cc1cccc(S(=O)(=O)C2(C)CCOC(C3=CC(C(C)(C)S(C)(=O)=O)=NC3)C2)c1. The molecule has 1 aromatic carbocycles. The lowest BCUT2D eigenvalue weighted by atomic mass is 9.92. The van der Waals surface area contributed by atoms with Crippen LogP contribution in [-0.4, -0.2) is 57.6 Å². The van der Waals surface area contributed by atoms with E-state index in [-0.39, 0.29) is 0 Å². The van der Waals surface area contributed by atoms with Crippen molar-refractivity contribution in [3.05, 3.63) is 41.5 Å². The summed E-state index contributed by atoms with van der Waals surface area (Å²) >= 11 is 0. The van der Waals surface area contributed by atoms with Crippen molar-refractivity contribution in [2.75, 3.05) is 19.4 Å². The molecule has 2 aliphatic heterocycles. The summed E-state index contributed by atoms with van der Waals surface area (Å²) in [5.41, 5.74) is 2.23. The third-order valence-corrected chi connectivity index (χ3v) is 10.8. The number of sulfone groups is 2. The maximum absolute atomic E-state index is 13.4. The van der Waals surface area contributed by atoms with E-state index in [9.17, 15) is 16.8 Å². The highest BCUT2D eigenvalue weighted by Gasteiger charge is 2.46. The summed E-state index contributed by atoms with van der Waals surface area (Å²) in [7, 11) is -6.89. The minimum absolute atomic E-state index is 0.317. The molecule has 0 radical (unpaired) electrons. The van der Waals surface area contributed by atoms with E-state index in [2.05, 4.69) is 4.99 Å². The quantitative estimate of drug-likeness (QED) is 0.704. The van der Waals surface area contributed by atoms with Gasteiger partial charge in [0.1, 0.15) is 4.75 Å². The average molecular weight is 440 g/mol. The van der Waals surface area contributed by atoms with Crippen LogP contribution in [0.1, 0.15) is 39.2 Å². The zero-order valence-electron chi connectivity index (χ0n) is 17.6. The molecule has 2 aliphatic rings. The normalized spacial score (nSPS) is 26.2. The molecule has 2 atom stereocenters. The Labute approximate surface area is 173 Å². The third-order valence-electron chi connectivity index (χ3n) is 6.23. The largest absolute Gasteiger partial charge is 0.374 e. The maximum atomic E-state index is 13.4. The number of benzene rings is 1. The molecule has 1 aromatic rings. The Bertz CT molecular complexity index is 1080. The Morgan fingerprint density at radius 3 is 2.52 bits per heavy atom. The molecule has 3 rings (SSSR count). The van der Waals surface area contributed by atoms with Gasteiger partial charge in [-0.2, -0.15) is 0 Å². The van der Waals surface area contributed by atoms with Crippen LogP contribution in [0.3, 0.4) is 0 Å². The van der Waals surface area contributed by atoms with Crippen LogP contribution in [0, 0.1) is 6.92 Å². The first-order valence-corrected chi connectivity index (χ1v) is 13.0. The van der Waals surface area contributed by atoms with Crippen molar-refractivity contribution in [3.63, 3.8) is 0 Å². The fourth-order valence-electron chi connectivity index (χ4n) is 3.71. The molecule has 29 heavy (non-hydrogen) atoms. The van der Waals surface area contributed by atoms with Crippen LogP contribution < -0.4 is 0 Å². The van der Waals surface area contributed by atoms with Gasteiger partial charge in [-0.3, -0.25) is 4.99 Å². The van der Waals surface area contributed by atoms with E-state index in [4.69, 9.17) is 4.74 Å². The zero-order chi connectivity index (χ0) is 21.7. The van der Waals surface area contributed by atoms with E-state index in [1.54, 1.807) is 45.0 Å². The first kappa shape index (κ1) is 22.2. The fraction of sp³-hybridized carbons (Fsp3) is 0.571. The summed E-state index contributed by atoms with van der Waals surface area (Å²) < 4.78 is 54.9. The summed E-state index contributed by atoms with van der Waals surface area (Å²) in [5, 5.41) is 0. The molecule has 160 valence electrons. The smallest absolute Gasteiger partial charge is 0.184 e. The third kappa shape index (κ3) is 3.94. The van der Waals surface area contributed by atoms with Crippen molar-refractivity contribution in [2.24, 2.45) is 4.99 Å². The van der Waals surface area contributed by atoms with Crippen molar-refractivity contribution >= 4 is 25.4 Å². The molecule has 1 saturated heterocycles. The van der Waals surface area contributed by atoms with Crippen LogP contribution in [0.2, 0.25) is 0 Å². The minimum Gasteiger partial charge on any atom is -0.374 e. The van der Waals surface area contributed by atoms with Crippen LogP contribution >= 0.6 is 0 Å². The molecular weight excluding hydrogens is 410 g/mol. The molecule has 2 unspecified atom stereocenters. The second-order valence-electron chi connectivity index (χ2n) is 8.79. The molecule has 0 spiro atoms. The van der Waals surface area contributed by atoms with Gasteiger partial charge in [0.25, 0.3) is 0 Å². The van der Waals surface area contributed by atoms with E-state index >= 15 is 0 Å². The molecule has 2 heterocycles. The maximum Gasteiger partial charge on any atom is 0.184 e. The lowest BCUT2D eigenvalue weighted by Gasteiger charge is -2.38. The molecule has 0 aromatic heterocycles. The molecule has 0 N–H and O–H groups in total. The highest BCUT2D eigenvalue weighted by Crippen LogP contribution is 2.39. The molecule has 0 aliphatic carbocycles. The monoisotopic (exact) mass is 439 g/mol. The summed E-state index contributed by atoms with van der Waals surface area (Å²) in [5.74, 6) is 0. The Hall–Kier alpha value is -1.51. The van der Waals surface area contributed by atoms with Crippen molar-refractivity contribution < 1.29 is 21.6 Å². The van der Waals surface area contributed by atoms with Crippen LogP contribution in [0.15, 0.2) is 45.8 Å². The number of aryl methyl sites for hydroxylation is 1. The molecule has 0 bridgehead atoms. The second-order valence-corrected chi connectivity index (χ2v) is 13.8. The summed E-state index contributed by atoms with van der Waals surface area (Å²) in [4.78, 5) is 4.76. The number of allylic oxidation sites excluding steroid dienone is 1. The van der Waals surface area contributed by atoms with Gasteiger partial charge < -0.3 is 4.74 Å². The van der Waals surface area contributed by atoms with Crippen LogP contribution in [0.5, 0.6) is 0 Å². The predicted molar refractivity (Wildman–Crippen MR) is 115 cm³/mol. The summed E-state index contributed by atoms with van der Waals surface area (Å²) in [6, 6.07) is 6.98. The lowest BCUT2D eigenvalue weighted by molar-refractivity contribution is 0.0236. The van der Waals surface area contributed by atoms with Gasteiger partial charge in [-0.1, -0.05) is 12.1 Å². The molecule has 1 fully saturated rings. The van der Waals surface area contributed by atoms with Crippen LogP contribution in [0.4, 0.5) is 0 Å². The fourth-order valence-corrected chi connectivity index (χ4v) is 6.11. The number of rotatable bonds is 5. The van der Waals surface area contributed by atoms with Crippen LogP contribution in [-0.2, 0) is 24.4 Å². The van der Waals surface area contributed by atoms with Gasteiger partial charge in [-0.05, 0) is 69.9 Å². The Morgan fingerprint density at radius 2 is 1.90 bits per heavy atom. The number of aliphatic imine (C=N–C) groups is 1. The Balaban J connectivity index is 1.87. The molecule has 0 amide bonds. The predicted octanol–water partition coefficient (Wildman–Crippen LogP) is 2.91. The highest BCUT2D eigenvalue weighted by molar-refractivity contribution is 7.93. The Morgan fingerprint density at radius 1 is 1.21 bits per heavy atom. The van der Waals surface area contributed by atoms with Crippen molar-refractivity contribution in [1.29, 1.82) is 0 Å². The second kappa shape index (κ2) is 7.32. The van der Waals surface area contributed by atoms with Gasteiger partial charge in [0.2, 0.25) is 0 Å². The number of ether oxygens (including phenoxy) is 1. The summed E-state index contributed by atoms with van der Waals surface area (Å²) in [6.07, 6.45) is 3.30. The zero-order valence-corrected chi connectivity index (χ0v) is 19.2. The van der Waals surface area contributed by atoms with E-state index < -0.39 is 35.3 Å². The van der Waals surface area contributed by atoms with Crippen LogP contribution in [0.25, 0.3) is 0 Å². The standard InChI is InChI=1S/C21H29NO5S2/c1-15-7-6-8-17(11-15)29(25,26)21(4)9-10-27-18(13-21)16-12-19(22-14-16)20(2,3)28(5,23)24/h6-8,11-12,18H,9-10,13-14H2,1-5H3. The van der Waals surface area contributed by atoms with E-state index in [1.165, 1.54) is 6.26 Å². The topological polar surface area (TPSA) is 89.9 Å². The Kier molecular flexibility index (Phi) is 5.60. The van der Waals surface area contributed by atoms with Gasteiger partial charge in [-0.25, -0.2) is 16.8 Å².